The topological polar surface area (TPSA) is 26.3 Å². The smallest absolute Gasteiger partial charge is 0.261 e. The van der Waals surface area contributed by atoms with Crippen molar-refractivity contribution in [3.05, 3.63) is 60.7 Å². The van der Waals surface area contributed by atoms with Crippen LogP contribution in [-0.2, 0) is 9.22 Å². The monoisotopic (exact) mass is 406 g/mol. The van der Waals surface area contributed by atoms with Gasteiger partial charge in [0.1, 0.15) is 6.29 Å². The molecule has 154 valence electrons. The van der Waals surface area contributed by atoms with Crippen molar-refractivity contribution < 1.29 is 9.22 Å². The van der Waals surface area contributed by atoms with Crippen LogP contribution in [0.25, 0.3) is 0 Å². The predicted octanol–water partition coefficient (Wildman–Crippen LogP) is 5.10. The van der Waals surface area contributed by atoms with Crippen LogP contribution >= 0.6 is 0 Å². The fraction of sp³-hybridized carbons (Fsp3) is 0.500. The van der Waals surface area contributed by atoms with Gasteiger partial charge in [-0.2, -0.15) is 0 Å². The number of hydrogen-bond acceptors (Lipinski definition) is 2. The second-order valence-electron chi connectivity index (χ2n) is 10.4. The summed E-state index contributed by atoms with van der Waals surface area (Å²) in [6.45, 7) is 7.84. The first-order valence-corrected chi connectivity index (χ1v) is 13.0. The summed E-state index contributed by atoms with van der Waals surface area (Å²) in [4.78, 5) is 11.6. The molecule has 3 aliphatic carbocycles. The average molecular weight is 407 g/mol. The molecule has 0 aromatic heterocycles. The SMILES string of the molecule is CC(C)(C)[Si](OCC12CCC(C=O)(CC1)CC2)(c1ccccc1)c1ccccc1. The van der Waals surface area contributed by atoms with Crippen molar-refractivity contribution in [2.24, 2.45) is 10.8 Å². The highest BCUT2D eigenvalue weighted by molar-refractivity contribution is 6.99. The van der Waals surface area contributed by atoms with Crippen molar-refractivity contribution in [1.29, 1.82) is 0 Å². The van der Waals surface area contributed by atoms with Gasteiger partial charge >= 0.3 is 0 Å². The molecule has 0 radical (unpaired) electrons. The van der Waals surface area contributed by atoms with E-state index in [4.69, 9.17) is 4.43 Å². The minimum Gasteiger partial charge on any atom is -0.407 e. The number of rotatable bonds is 6. The highest BCUT2D eigenvalue weighted by atomic mass is 28.4. The van der Waals surface area contributed by atoms with Crippen LogP contribution in [0.4, 0.5) is 0 Å². The minimum absolute atomic E-state index is 0.0161. The zero-order chi connectivity index (χ0) is 20.6. The van der Waals surface area contributed by atoms with Gasteiger partial charge in [-0.3, -0.25) is 0 Å². The van der Waals surface area contributed by atoms with Gasteiger partial charge in [0.2, 0.25) is 0 Å². The summed E-state index contributed by atoms with van der Waals surface area (Å²) in [5, 5.41) is 2.72. The lowest BCUT2D eigenvalue weighted by Crippen LogP contribution is -2.67. The summed E-state index contributed by atoms with van der Waals surface area (Å²) in [6.07, 6.45) is 7.76. The molecule has 2 aromatic carbocycles. The quantitative estimate of drug-likeness (QED) is 0.493. The van der Waals surface area contributed by atoms with Crippen LogP contribution in [0, 0.1) is 10.8 Å². The molecule has 0 amide bonds. The van der Waals surface area contributed by atoms with E-state index in [-0.39, 0.29) is 15.9 Å². The van der Waals surface area contributed by atoms with E-state index in [1.54, 1.807) is 0 Å². The summed E-state index contributed by atoms with van der Waals surface area (Å²) in [6, 6.07) is 21.8. The first-order valence-electron chi connectivity index (χ1n) is 11.1. The van der Waals surface area contributed by atoms with Crippen LogP contribution in [0.5, 0.6) is 0 Å². The third-order valence-corrected chi connectivity index (χ3v) is 12.7. The van der Waals surface area contributed by atoms with Crippen molar-refractivity contribution in [3.8, 4) is 0 Å². The fourth-order valence-corrected chi connectivity index (χ4v) is 10.4. The standard InChI is InChI=1S/C26H34O2Si/c1-24(2,3)29(22-10-6-4-7-11-22,23-12-8-5-9-13-23)28-21-26-17-14-25(20-27,15-18-26)16-19-26/h4-13,20H,14-19,21H2,1-3H3. The third-order valence-electron chi connectivity index (χ3n) is 7.72. The van der Waals surface area contributed by atoms with Gasteiger partial charge < -0.3 is 9.22 Å². The number of aldehydes is 1. The van der Waals surface area contributed by atoms with Gasteiger partial charge in [-0.15, -0.1) is 0 Å². The van der Waals surface area contributed by atoms with Crippen LogP contribution in [0.1, 0.15) is 59.3 Å². The van der Waals surface area contributed by atoms with Gasteiger partial charge in [-0.25, -0.2) is 0 Å². The molecule has 3 fully saturated rings. The molecule has 0 aliphatic heterocycles. The molecule has 2 bridgehead atoms. The molecule has 0 spiro atoms. The summed E-state index contributed by atoms with van der Waals surface area (Å²) in [5.74, 6) is 0. The van der Waals surface area contributed by atoms with Crippen LogP contribution in [0.3, 0.4) is 0 Å². The predicted molar refractivity (Wildman–Crippen MR) is 122 cm³/mol. The molecule has 0 atom stereocenters. The lowest BCUT2D eigenvalue weighted by atomic mass is 9.54. The van der Waals surface area contributed by atoms with E-state index in [1.807, 2.05) is 0 Å². The van der Waals surface area contributed by atoms with E-state index in [9.17, 15) is 4.79 Å². The molecular formula is C26H34O2Si. The van der Waals surface area contributed by atoms with Crippen molar-refractivity contribution in [3.63, 3.8) is 0 Å². The van der Waals surface area contributed by atoms with Gasteiger partial charge in [0.25, 0.3) is 8.32 Å². The highest BCUT2D eigenvalue weighted by Gasteiger charge is 2.54. The normalized spacial score (nSPS) is 27.0. The van der Waals surface area contributed by atoms with E-state index in [0.717, 1.165) is 45.1 Å². The molecule has 3 saturated carbocycles. The maximum atomic E-state index is 11.6. The van der Waals surface area contributed by atoms with Gasteiger partial charge in [0, 0.05) is 12.0 Å². The Labute approximate surface area is 176 Å². The minimum atomic E-state index is -2.48. The molecule has 0 N–H and O–H groups in total. The Morgan fingerprint density at radius 2 is 1.28 bits per heavy atom. The largest absolute Gasteiger partial charge is 0.407 e. The molecule has 29 heavy (non-hydrogen) atoms. The lowest BCUT2D eigenvalue weighted by Gasteiger charge is -2.53. The zero-order valence-electron chi connectivity index (χ0n) is 18.1. The molecule has 0 saturated heterocycles. The van der Waals surface area contributed by atoms with Crippen LogP contribution in [0.15, 0.2) is 60.7 Å². The van der Waals surface area contributed by atoms with Crippen LogP contribution in [-0.4, -0.2) is 21.2 Å². The van der Waals surface area contributed by atoms with Crippen molar-refractivity contribution in [2.45, 2.75) is 64.3 Å². The Hall–Kier alpha value is -1.71. The van der Waals surface area contributed by atoms with Crippen molar-refractivity contribution in [2.75, 3.05) is 6.61 Å². The first-order chi connectivity index (χ1) is 13.8. The molecule has 0 heterocycles. The molecule has 0 unspecified atom stereocenters. The second-order valence-corrected chi connectivity index (χ2v) is 14.7. The number of benzene rings is 2. The summed E-state index contributed by atoms with van der Waals surface area (Å²) >= 11 is 0. The highest BCUT2D eigenvalue weighted by Crippen LogP contribution is 2.56. The second kappa shape index (κ2) is 7.52. The van der Waals surface area contributed by atoms with Crippen LogP contribution in [0.2, 0.25) is 5.04 Å². The average Bonchev–Trinajstić information content (AvgIpc) is 2.76. The third kappa shape index (κ3) is 3.53. The van der Waals surface area contributed by atoms with Crippen molar-refractivity contribution >= 4 is 25.0 Å². The maximum Gasteiger partial charge on any atom is 0.261 e. The molecule has 2 nitrogen and oxygen atoms in total. The van der Waals surface area contributed by atoms with Crippen LogP contribution < -0.4 is 10.4 Å². The Balaban J connectivity index is 1.71. The van der Waals surface area contributed by atoms with Crippen molar-refractivity contribution in [1.82, 2.24) is 0 Å². The van der Waals surface area contributed by atoms with E-state index in [1.165, 1.54) is 16.7 Å². The number of fused-ring (bicyclic) bond motifs is 3. The number of carbonyl (C=O) groups excluding carboxylic acids is 1. The Morgan fingerprint density at radius 1 is 0.828 bits per heavy atom. The van der Waals surface area contributed by atoms with Gasteiger partial charge in [0.15, 0.2) is 0 Å². The Kier molecular flexibility index (Phi) is 5.33. The number of hydrogen-bond donors (Lipinski definition) is 0. The lowest BCUT2D eigenvalue weighted by molar-refractivity contribution is -0.126. The van der Waals surface area contributed by atoms with E-state index < -0.39 is 8.32 Å². The molecule has 3 heteroatoms. The van der Waals surface area contributed by atoms with E-state index in [2.05, 4.69) is 81.4 Å². The Bertz CT molecular complexity index is 774. The van der Waals surface area contributed by atoms with Gasteiger partial charge in [0.05, 0.1) is 0 Å². The summed E-state index contributed by atoms with van der Waals surface area (Å²) in [5.41, 5.74) is 0.219. The van der Waals surface area contributed by atoms with Gasteiger partial charge in [-0.1, -0.05) is 81.4 Å². The molecule has 3 aliphatic rings. The fourth-order valence-electron chi connectivity index (χ4n) is 5.71. The first kappa shape index (κ1) is 20.6. The summed E-state index contributed by atoms with van der Waals surface area (Å²) < 4.78 is 7.24. The molecule has 2 aromatic rings. The Morgan fingerprint density at radius 3 is 1.66 bits per heavy atom. The van der Waals surface area contributed by atoms with Gasteiger partial charge in [-0.05, 0) is 59.4 Å². The van der Waals surface area contributed by atoms with E-state index in [0.29, 0.717) is 0 Å². The number of carbonyl (C=O) groups is 1. The van der Waals surface area contributed by atoms with E-state index >= 15 is 0 Å². The molecular weight excluding hydrogens is 372 g/mol. The molecule has 5 rings (SSSR count). The maximum absolute atomic E-state index is 11.6. The zero-order valence-corrected chi connectivity index (χ0v) is 19.1. The summed E-state index contributed by atoms with van der Waals surface area (Å²) in [7, 11) is -2.48.